The number of rotatable bonds is 8. The van der Waals surface area contributed by atoms with Crippen LogP contribution in [0.15, 0.2) is 36.7 Å². The topological polar surface area (TPSA) is 120 Å². The molecule has 1 atom stereocenters. The van der Waals surface area contributed by atoms with E-state index in [1.807, 2.05) is 0 Å². The number of amides is 1. The van der Waals surface area contributed by atoms with E-state index in [9.17, 15) is 33.2 Å². The molecule has 0 aliphatic heterocycles. The maximum absolute atomic E-state index is 13.3. The predicted octanol–water partition coefficient (Wildman–Crippen LogP) is 1.66. The van der Waals surface area contributed by atoms with E-state index in [1.54, 1.807) is 0 Å². The fourth-order valence-electron chi connectivity index (χ4n) is 2.41. The molecule has 0 bridgehead atoms. The van der Waals surface area contributed by atoms with Gasteiger partial charge in [0.1, 0.15) is 11.6 Å². The molecule has 1 aromatic heterocycles. The fourth-order valence-corrected chi connectivity index (χ4v) is 2.41. The minimum absolute atomic E-state index is 0.0594. The molecule has 1 amide bonds. The number of hydrogen-bond donors (Lipinski definition) is 2. The minimum atomic E-state index is -5.00. The Morgan fingerprint density at radius 2 is 2.14 bits per heavy atom. The molecule has 0 fully saturated rings. The van der Waals surface area contributed by atoms with E-state index >= 15 is 0 Å². The Balaban J connectivity index is 1.92. The number of benzene rings is 1. The summed E-state index contributed by atoms with van der Waals surface area (Å²) in [4.78, 5) is 25.4. The number of nitro benzene ring substituents is 1. The van der Waals surface area contributed by atoms with Crippen LogP contribution in [0.5, 0.6) is 5.75 Å². The molecule has 1 heterocycles. The molecule has 2 N–H and O–H groups in total. The Morgan fingerprint density at radius 1 is 1.43 bits per heavy atom. The van der Waals surface area contributed by atoms with E-state index in [-0.39, 0.29) is 11.4 Å². The zero-order valence-corrected chi connectivity index (χ0v) is 14.6. The number of hydrogen-bond acceptors (Lipinski definition) is 6. The number of carbonyl (C=O) groups excluding carboxylic acids is 1. The standard InChI is InChI=1S/C16H17F3N4O5/c1-22-8-7-21-14(22)15(25,16(17,18)19)5-6-20-13(24)10-28-12-4-2-3-11(9-12)23(26)27/h2-4,7-9,25H,5-6,10H2,1H3,(H,20,24). The number of aliphatic hydroxyl groups is 1. The molecule has 0 saturated heterocycles. The second kappa shape index (κ2) is 8.25. The summed E-state index contributed by atoms with van der Waals surface area (Å²) in [6, 6.07) is 5.10. The first kappa shape index (κ1) is 21.2. The largest absolute Gasteiger partial charge is 0.484 e. The van der Waals surface area contributed by atoms with Crippen LogP contribution in [-0.2, 0) is 17.4 Å². The van der Waals surface area contributed by atoms with Gasteiger partial charge >= 0.3 is 6.18 Å². The van der Waals surface area contributed by atoms with Crippen molar-refractivity contribution in [1.29, 1.82) is 0 Å². The van der Waals surface area contributed by atoms with Crippen LogP contribution < -0.4 is 10.1 Å². The van der Waals surface area contributed by atoms with Gasteiger partial charge in [-0.05, 0) is 6.07 Å². The summed E-state index contributed by atoms with van der Waals surface area (Å²) >= 11 is 0. The molecular weight excluding hydrogens is 385 g/mol. The van der Waals surface area contributed by atoms with Gasteiger partial charge in [0.15, 0.2) is 6.61 Å². The molecule has 1 unspecified atom stereocenters. The molecule has 2 rings (SSSR count). The Kier molecular flexibility index (Phi) is 6.23. The molecule has 0 aliphatic carbocycles. The molecule has 0 saturated carbocycles. The highest BCUT2D eigenvalue weighted by molar-refractivity contribution is 5.77. The van der Waals surface area contributed by atoms with E-state index in [0.29, 0.717) is 0 Å². The lowest BCUT2D eigenvalue weighted by molar-refractivity contribution is -0.384. The highest BCUT2D eigenvalue weighted by Gasteiger charge is 2.57. The first-order chi connectivity index (χ1) is 13.0. The monoisotopic (exact) mass is 402 g/mol. The molecule has 1 aromatic carbocycles. The number of nitro groups is 1. The Hall–Kier alpha value is -3.15. The van der Waals surface area contributed by atoms with Gasteiger partial charge in [0.25, 0.3) is 11.6 Å². The molecule has 9 nitrogen and oxygen atoms in total. The summed E-state index contributed by atoms with van der Waals surface area (Å²) in [5, 5.41) is 23.0. The van der Waals surface area contributed by atoms with Crippen LogP contribution in [0.2, 0.25) is 0 Å². The van der Waals surface area contributed by atoms with Crippen molar-refractivity contribution in [3.05, 3.63) is 52.6 Å². The molecule has 12 heteroatoms. The molecule has 152 valence electrons. The SMILES string of the molecule is Cn1ccnc1C(O)(CCNC(=O)COc1cccc([N+](=O)[O-])c1)C(F)(F)F. The average molecular weight is 402 g/mol. The van der Waals surface area contributed by atoms with Gasteiger partial charge < -0.3 is 19.7 Å². The van der Waals surface area contributed by atoms with Crippen molar-refractivity contribution in [3.8, 4) is 5.75 Å². The number of aromatic nitrogens is 2. The zero-order valence-electron chi connectivity index (χ0n) is 14.6. The number of carbonyl (C=O) groups is 1. The van der Waals surface area contributed by atoms with Crippen molar-refractivity contribution >= 4 is 11.6 Å². The highest BCUT2D eigenvalue weighted by atomic mass is 19.4. The van der Waals surface area contributed by atoms with Crippen molar-refractivity contribution in [3.63, 3.8) is 0 Å². The molecule has 0 spiro atoms. The highest BCUT2D eigenvalue weighted by Crippen LogP contribution is 2.40. The van der Waals surface area contributed by atoms with Crippen LogP contribution in [0.1, 0.15) is 12.2 Å². The van der Waals surface area contributed by atoms with Crippen LogP contribution in [0, 0.1) is 10.1 Å². The Bertz CT molecular complexity index is 855. The third-order valence-corrected chi connectivity index (χ3v) is 3.87. The summed E-state index contributed by atoms with van der Waals surface area (Å²) in [5.41, 5.74) is -3.47. The quantitative estimate of drug-likeness (QED) is 0.512. The van der Waals surface area contributed by atoms with Crippen molar-refractivity contribution in [1.82, 2.24) is 14.9 Å². The molecule has 0 radical (unpaired) electrons. The maximum Gasteiger partial charge on any atom is 0.424 e. The average Bonchev–Trinajstić information content (AvgIpc) is 3.05. The summed E-state index contributed by atoms with van der Waals surface area (Å²) < 4.78 is 46.2. The van der Waals surface area contributed by atoms with Crippen molar-refractivity contribution in [2.45, 2.75) is 18.2 Å². The Morgan fingerprint density at radius 3 is 2.71 bits per heavy atom. The lowest BCUT2D eigenvalue weighted by Gasteiger charge is -2.29. The first-order valence-electron chi connectivity index (χ1n) is 7.95. The van der Waals surface area contributed by atoms with Crippen molar-refractivity contribution in [2.24, 2.45) is 7.05 Å². The van der Waals surface area contributed by atoms with Gasteiger partial charge in [-0.2, -0.15) is 13.2 Å². The van der Waals surface area contributed by atoms with Gasteiger partial charge in [-0.3, -0.25) is 14.9 Å². The summed E-state index contributed by atoms with van der Waals surface area (Å²) in [5.74, 6) is -1.29. The van der Waals surface area contributed by atoms with Crippen LogP contribution in [0.3, 0.4) is 0 Å². The smallest absolute Gasteiger partial charge is 0.424 e. The normalized spacial score (nSPS) is 13.6. The van der Waals surface area contributed by atoms with Crippen LogP contribution >= 0.6 is 0 Å². The molecule has 2 aromatic rings. The van der Waals surface area contributed by atoms with Gasteiger partial charge in [0.2, 0.25) is 5.60 Å². The van der Waals surface area contributed by atoms with E-state index in [4.69, 9.17) is 4.74 Å². The van der Waals surface area contributed by atoms with Gasteiger partial charge in [-0.1, -0.05) is 6.07 Å². The predicted molar refractivity (Wildman–Crippen MR) is 89.4 cm³/mol. The van der Waals surface area contributed by atoms with Gasteiger partial charge in [-0.15, -0.1) is 0 Å². The van der Waals surface area contributed by atoms with E-state index in [1.165, 1.54) is 31.4 Å². The third-order valence-electron chi connectivity index (χ3n) is 3.87. The van der Waals surface area contributed by atoms with Gasteiger partial charge in [0, 0.05) is 38.5 Å². The van der Waals surface area contributed by atoms with E-state index in [2.05, 4.69) is 10.3 Å². The number of nitrogens with one attached hydrogen (secondary N) is 1. The lowest BCUT2D eigenvalue weighted by atomic mass is 9.97. The van der Waals surface area contributed by atoms with Gasteiger partial charge in [0.05, 0.1) is 11.0 Å². The number of aryl methyl sites for hydroxylation is 1. The third kappa shape index (κ3) is 4.76. The number of non-ortho nitro benzene ring substituents is 1. The Labute approximate surface area is 156 Å². The number of imidazole rings is 1. The second-order valence-corrected chi connectivity index (χ2v) is 5.86. The number of alkyl halides is 3. The van der Waals surface area contributed by atoms with Crippen LogP contribution in [0.25, 0.3) is 0 Å². The van der Waals surface area contributed by atoms with Crippen LogP contribution in [0.4, 0.5) is 18.9 Å². The first-order valence-corrected chi connectivity index (χ1v) is 7.95. The molecular formula is C16H17F3N4O5. The number of halogens is 3. The summed E-state index contributed by atoms with van der Waals surface area (Å²) in [6.45, 7) is -1.06. The minimum Gasteiger partial charge on any atom is -0.484 e. The molecule has 0 aliphatic rings. The fraction of sp³-hybridized carbons (Fsp3) is 0.375. The maximum atomic E-state index is 13.3. The zero-order chi connectivity index (χ0) is 20.9. The second-order valence-electron chi connectivity index (χ2n) is 5.86. The lowest BCUT2D eigenvalue weighted by Crippen LogP contribution is -2.47. The van der Waals surface area contributed by atoms with Crippen molar-refractivity contribution < 1.29 is 32.7 Å². The summed E-state index contributed by atoms with van der Waals surface area (Å²) in [7, 11) is 1.31. The molecule has 28 heavy (non-hydrogen) atoms. The number of nitrogens with zero attached hydrogens (tertiary/aromatic N) is 3. The van der Waals surface area contributed by atoms with Crippen LogP contribution in [-0.4, -0.2) is 44.8 Å². The van der Waals surface area contributed by atoms with Gasteiger partial charge in [-0.25, -0.2) is 4.98 Å². The van der Waals surface area contributed by atoms with Crippen molar-refractivity contribution in [2.75, 3.05) is 13.2 Å². The number of ether oxygens (including phenoxy) is 1. The van der Waals surface area contributed by atoms with E-state index < -0.39 is 48.0 Å². The van der Waals surface area contributed by atoms with E-state index in [0.717, 1.165) is 16.8 Å². The summed E-state index contributed by atoms with van der Waals surface area (Å²) in [6.07, 6.45) is -3.48.